The molecule has 7 nitrogen and oxygen atoms in total. The molecule has 0 unspecified atom stereocenters. The van der Waals surface area contributed by atoms with Crippen LogP contribution in [0.1, 0.15) is 64.0 Å². The smallest absolute Gasteiger partial charge is 0.191 e. The minimum absolute atomic E-state index is 0. The van der Waals surface area contributed by atoms with Crippen molar-refractivity contribution in [1.82, 2.24) is 25.4 Å². The molecule has 1 aliphatic rings. The SMILES string of the molecule is CCOCCCNC(=NCc1nnc(C)n1C)NC1CCC(CC)CC1.I. The Morgan fingerprint density at radius 3 is 2.56 bits per heavy atom. The van der Waals surface area contributed by atoms with Crippen molar-refractivity contribution in [3.63, 3.8) is 0 Å². The first-order valence-electron chi connectivity index (χ1n) is 10.1. The first-order chi connectivity index (χ1) is 12.6. The van der Waals surface area contributed by atoms with E-state index in [0.717, 1.165) is 49.7 Å². The first kappa shape index (κ1) is 24.1. The van der Waals surface area contributed by atoms with E-state index in [4.69, 9.17) is 9.73 Å². The normalized spacial score (nSPS) is 20.2. The maximum atomic E-state index is 5.42. The molecular weight excluding hydrogens is 455 g/mol. The highest BCUT2D eigenvalue weighted by Crippen LogP contribution is 2.26. The fraction of sp³-hybridized carbons (Fsp3) is 0.842. The summed E-state index contributed by atoms with van der Waals surface area (Å²) in [5.41, 5.74) is 0. The summed E-state index contributed by atoms with van der Waals surface area (Å²) < 4.78 is 7.40. The van der Waals surface area contributed by atoms with Crippen LogP contribution >= 0.6 is 24.0 Å². The van der Waals surface area contributed by atoms with Gasteiger partial charge in [0.15, 0.2) is 11.8 Å². The number of hydrogen-bond donors (Lipinski definition) is 2. The van der Waals surface area contributed by atoms with Gasteiger partial charge < -0.3 is 19.9 Å². The highest BCUT2D eigenvalue weighted by atomic mass is 127. The topological polar surface area (TPSA) is 76.4 Å². The number of rotatable bonds is 9. The molecule has 1 aromatic rings. The second-order valence-corrected chi connectivity index (χ2v) is 7.13. The molecule has 2 N–H and O–H groups in total. The van der Waals surface area contributed by atoms with Crippen LogP contribution < -0.4 is 10.6 Å². The first-order valence-corrected chi connectivity index (χ1v) is 10.1. The van der Waals surface area contributed by atoms with Gasteiger partial charge in [0.1, 0.15) is 12.4 Å². The summed E-state index contributed by atoms with van der Waals surface area (Å²) in [6.07, 6.45) is 7.35. The fourth-order valence-electron chi connectivity index (χ4n) is 3.32. The summed E-state index contributed by atoms with van der Waals surface area (Å²) >= 11 is 0. The Morgan fingerprint density at radius 2 is 1.96 bits per heavy atom. The van der Waals surface area contributed by atoms with Gasteiger partial charge in [0, 0.05) is 32.8 Å². The lowest BCUT2D eigenvalue weighted by Gasteiger charge is -2.29. The van der Waals surface area contributed by atoms with Crippen molar-refractivity contribution in [2.75, 3.05) is 19.8 Å². The lowest BCUT2D eigenvalue weighted by atomic mass is 9.84. The van der Waals surface area contributed by atoms with E-state index in [2.05, 4.69) is 27.8 Å². The molecule has 1 heterocycles. The predicted molar refractivity (Wildman–Crippen MR) is 121 cm³/mol. The Bertz CT molecular complexity index is 554. The Hall–Kier alpha value is -0.900. The van der Waals surface area contributed by atoms with Crippen LogP contribution in [0.2, 0.25) is 0 Å². The molecule has 0 atom stereocenters. The van der Waals surface area contributed by atoms with Gasteiger partial charge in [-0.1, -0.05) is 13.3 Å². The number of aliphatic imine (C=N–C) groups is 1. The molecule has 0 aliphatic heterocycles. The van der Waals surface area contributed by atoms with Crippen molar-refractivity contribution < 1.29 is 4.74 Å². The van der Waals surface area contributed by atoms with Gasteiger partial charge in [-0.15, -0.1) is 34.2 Å². The van der Waals surface area contributed by atoms with Gasteiger partial charge in [0.2, 0.25) is 0 Å². The minimum atomic E-state index is 0. The number of ether oxygens (including phenoxy) is 1. The molecule has 1 aliphatic carbocycles. The molecule has 0 bridgehead atoms. The predicted octanol–water partition coefficient (Wildman–Crippen LogP) is 3.17. The van der Waals surface area contributed by atoms with Gasteiger partial charge >= 0.3 is 0 Å². The molecule has 0 amide bonds. The summed E-state index contributed by atoms with van der Waals surface area (Å²) in [5.74, 6) is 3.57. The Morgan fingerprint density at radius 1 is 1.22 bits per heavy atom. The zero-order valence-corrected chi connectivity index (χ0v) is 19.7. The van der Waals surface area contributed by atoms with Gasteiger partial charge in [-0.25, -0.2) is 4.99 Å². The third-order valence-electron chi connectivity index (χ3n) is 5.29. The van der Waals surface area contributed by atoms with Crippen LogP contribution in [-0.2, 0) is 18.3 Å². The lowest BCUT2D eigenvalue weighted by molar-refractivity contribution is 0.145. The number of hydrogen-bond acceptors (Lipinski definition) is 4. The number of aromatic nitrogens is 3. The second kappa shape index (κ2) is 13.3. The van der Waals surface area contributed by atoms with E-state index >= 15 is 0 Å². The quantitative estimate of drug-likeness (QED) is 0.240. The van der Waals surface area contributed by atoms with E-state index in [1.54, 1.807) is 0 Å². The van der Waals surface area contributed by atoms with E-state index in [9.17, 15) is 0 Å². The second-order valence-electron chi connectivity index (χ2n) is 7.13. The molecule has 27 heavy (non-hydrogen) atoms. The summed E-state index contributed by atoms with van der Waals surface area (Å²) in [6, 6.07) is 0.511. The van der Waals surface area contributed by atoms with Crippen LogP contribution in [0.25, 0.3) is 0 Å². The molecule has 0 saturated heterocycles. The summed E-state index contributed by atoms with van der Waals surface area (Å²) in [4.78, 5) is 4.75. The van der Waals surface area contributed by atoms with Gasteiger partial charge in [-0.2, -0.15) is 0 Å². The number of nitrogens with one attached hydrogen (secondary N) is 2. The summed E-state index contributed by atoms with van der Waals surface area (Å²) in [5, 5.41) is 15.4. The van der Waals surface area contributed by atoms with Crippen molar-refractivity contribution >= 4 is 29.9 Å². The van der Waals surface area contributed by atoms with E-state index in [1.807, 2.05) is 25.5 Å². The third kappa shape index (κ3) is 8.33. The maximum Gasteiger partial charge on any atom is 0.191 e. The van der Waals surface area contributed by atoms with Crippen molar-refractivity contribution in [1.29, 1.82) is 0 Å². The van der Waals surface area contributed by atoms with Crippen molar-refractivity contribution in [3.8, 4) is 0 Å². The molecule has 0 aromatic carbocycles. The molecule has 8 heteroatoms. The molecule has 1 aromatic heterocycles. The summed E-state index contributed by atoms with van der Waals surface area (Å²) in [7, 11) is 1.98. The minimum Gasteiger partial charge on any atom is -0.382 e. The van der Waals surface area contributed by atoms with Gasteiger partial charge in [0.05, 0.1) is 0 Å². The number of aryl methyl sites for hydroxylation is 1. The molecule has 2 rings (SSSR count). The monoisotopic (exact) mass is 492 g/mol. The molecule has 1 fully saturated rings. The zero-order valence-electron chi connectivity index (χ0n) is 17.3. The van der Waals surface area contributed by atoms with Crippen LogP contribution in [0, 0.1) is 12.8 Å². The Balaban J connectivity index is 0.00000364. The molecule has 156 valence electrons. The van der Waals surface area contributed by atoms with E-state index in [-0.39, 0.29) is 24.0 Å². The van der Waals surface area contributed by atoms with E-state index in [1.165, 1.54) is 32.1 Å². The largest absolute Gasteiger partial charge is 0.382 e. The van der Waals surface area contributed by atoms with Crippen LogP contribution in [0.15, 0.2) is 4.99 Å². The van der Waals surface area contributed by atoms with Gasteiger partial charge in [0.25, 0.3) is 0 Å². The standard InChI is InChI=1S/C19H36N6O.HI/c1-5-16-8-10-17(11-9-16)22-19(20-12-7-13-26-6-2)21-14-18-24-23-15(3)25(18)4;/h16-17H,5-14H2,1-4H3,(H2,20,21,22);1H. The highest BCUT2D eigenvalue weighted by Gasteiger charge is 2.20. The van der Waals surface area contributed by atoms with Gasteiger partial charge in [-0.3, -0.25) is 0 Å². The van der Waals surface area contributed by atoms with Crippen LogP contribution in [0.5, 0.6) is 0 Å². The lowest BCUT2D eigenvalue weighted by Crippen LogP contribution is -2.45. The van der Waals surface area contributed by atoms with E-state index in [0.29, 0.717) is 12.6 Å². The fourth-order valence-corrected chi connectivity index (χ4v) is 3.32. The van der Waals surface area contributed by atoms with Crippen molar-refractivity contribution in [2.45, 2.75) is 71.9 Å². The van der Waals surface area contributed by atoms with Crippen LogP contribution in [-0.4, -0.2) is 46.5 Å². The molecule has 1 saturated carbocycles. The number of guanidine groups is 1. The number of halogens is 1. The van der Waals surface area contributed by atoms with Crippen molar-refractivity contribution in [3.05, 3.63) is 11.6 Å². The van der Waals surface area contributed by atoms with Gasteiger partial charge in [-0.05, 0) is 51.9 Å². The Kier molecular flexibility index (Phi) is 11.9. The summed E-state index contributed by atoms with van der Waals surface area (Å²) in [6.45, 7) is 9.21. The molecular formula is C19H37IN6O. The zero-order chi connectivity index (χ0) is 18.8. The molecule has 0 radical (unpaired) electrons. The number of nitrogens with zero attached hydrogens (tertiary/aromatic N) is 4. The highest BCUT2D eigenvalue weighted by molar-refractivity contribution is 14.0. The Labute approximate surface area is 181 Å². The average Bonchev–Trinajstić information content (AvgIpc) is 2.98. The van der Waals surface area contributed by atoms with Crippen LogP contribution in [0.4, 0.5) is 0 Å². The maximum absolute atomic E-state index is 5.42. The molecule has 0 spiro atoms. The van der Waals surface area contributed by atoms with Crippen molar-refractivity contribution in [2.24, 2.45) is 18.0 Å². The van der Waals surface area contributed by atoms with Crippen LogP contribution in [0.3, 0.4) is 0 Å². The third-order valence-corrected chi connectivity index (χ3v) is 5.29. The van der Waals surface area contributed by atoms with E-state index < -0.39 is 0 Å². The average molecular weight is 492 g/mol.